The van der Waals surface area contributed by atoms with Crippen LogP contribution in [0.5, 0.6) is 5.75 Å². The molecule has 2 aromatic carbocycles. The number of hydrogen-bond acceptors (Lipinski definition) is 4. The number of carbonyl (C=O) groups excluding carboxylic acids is 1. The van der Waals surface area contributed by atoms with Gasteiger partial charge < -0.3 is 20.1 Å². The Morgan fingerprint density at radius 3 is 2.67 bits per heavy atom. The molecule has 0 radical (unpaired) electrons. The largest absolute Gasteiger partial charge is 0.491 e. The van der Waals surface area contributed by atoms with E-state index in [9.17, 15) is 4.79 Å². The van der Waals surface area contributed by atoms with Crippen molar-refractivity contribution in [3.8, 4) is 5.75 Å². The zero-order valence-corrected chi connectivity index (χ0v) is 17.1. The second-order valence-corrected chi connectivity index (χ2v) is 6.85. The third-order valence-corrected chi connectivity index (χ3v) is 4.00. The Kier molecular flexibility index (Phi) is 7.88. The Morgan fingerprint density at radius 1 is 1.22 bits per heavy atom. The normalized spacial score (nSPS) is 10.4. The van der Waals surface area contributed by atoms with Crippen LogP contribution in [-0.4, -0.2) is 23.8 Å². The first-order valence-electron chi connectivity index (χ1n) is 8.66. The number of anilines is 1. The zero-order chi connectivity index (χ0) is 19.8. The second kappa shape index (κ2) is 10.1. The topological polar surface area (TPSA) is 59.6 Å². The summed E-state index contributed by atoms with van der Waals surface area (Å²) in [5.74, 6) is 0.378. The van der Waals surface area contributed by atoms with E-state index >= 15 is 0 Å². The molecule has 144 valence electrons. The molecule has 0 aliphatic rings. The van der Waals surface area contributed by atoms with Crippen molar-refractivity contribution in [3.63, 3.8) is 0 Å². The molecule has 2 aromatic rings. The molecule has 0 saturated heterocycles. The number of hydrogen-bond donors (Lipinski definition) is 2. The van der Waals surface area contributed by atoms with Crippen LogP contribution in [0.4, 0.5) is 5.69 Å². The van der Waals surface area contributed by atoms with Crippen LogP contribution in [0.15, 0.2) is 42.5 Å². The average molecular weight is 407 g/mol. The number of thiocarbonyl (C=S) groups is 1. The highest BCUT2D eigenvalue weighted by Crippen LogP contribution is 2.22. The van der Waals surface area contributed by atoms with Crippen LogP contribution < -0.4 is 15.4 Å². The van der Waals surface area contributed by atoms with Crippen molar-refractivity contribution in [3.05, 3.63) is 58.6 Å². The van der Waals surface area contributed by atoms with Gasteiger partial charge in [-0.3, -0.25) is 0 Å². The van der Waals surface area contributed by atoms with E-state index in [0.717, 1.165) is 11.3 Å². The lowest BCUT2D eigenvalue weighted by atomic mass is 10.2. The highest BCUT2D eigenvalue weighted by atomic mass is 35.5. The first kappa shape index (κ1) is 21.0. The molecule has 5 nitrogen and oxygen atoms in total. The summed E-state index contributed by atoms with van der Waals surface area (Å²) in [4.78, 5) is 11.8. The maximum absolute atomic E-state index is 11.8. The standard InChI is InChI=1S/C20H23ClN2O3S/c1-4-25-19(24)17-9-8-15(11-18(17)21)23-20(27)22-12-14-6-5-7-16(10-14)26-13(2)3/h5-11,13H,4,12H2,1-3H3,(H2,22,23,27). The Bertz CT molecular complexity index is 812. The van der Waals surface area contributed by atoms with Gasteiger partial charge in [-0.05, 0) is 68.9 Å². The van der Waals surface area contributed by atoms with Crippen LogP contribution in [0.1, 0.15) is 36.7 Å². The van der Waals surface area contributed by atoms with Gasteiger partial charge >= 0.3 is 5.97 Å². The molecule has 0 fully saturated rings. The predicted molar refractivity (Wildman–Crippen MR) is 113 cm³/mol. The smallest absolute Gasteiger partial charge is 0.339 e. The number of esters is 1. The Morgan fingerprint density at radius 2 is 2.00 bits per heavy atom. The molecule has 0 aliphatic heterocycles. The van der Waals surface area contributed by atoms with E-state index in [-0.39, 0.29) is 6.10 Å². The molecule has 0 amide bonds. The van der Waals surface area contributed by atoms with Gasteiger partial charge in [-0.15, -0.1) is 0 Å². The molecule has 0 saturated carbocycles. The number of rotatable bonds is 7. The molecular weight excluding hydrogens is 384 g/mol. The summed E-state index contributed by atoms with van der Waals surface area (Å²) in [6.45, 7) is 6.57. The maximum Gasteiger partial charge on any atom is 0.339 e. The highest BCUT2D eigenvalue weighted by Gasteiger charge is 2.12. The van der Waals surface area contributed by atoms with Gasteiger partial charge in [0.25, 0.3) is 0 Å². The van der Waals surface area contributed by atoms with Crippen molar-refractivity contribution in [1.29, 1.82) is 0 Å². The molecule has 2 rings (SSSR count). The molecule has 0 bridgehead atoms. The molecule has 0 aliphatic carbocycles. The molecule has 0 atom stereocenters. The molecule has 0 unspecified atom stereocenters. The minimum absolute atomic E-state index is 0.123. The number of halogens is 1. The van der Waals surface area contributed by atoms with Crippen LogP contribution in [-0.2, 0) is 11.3 Å². The summed E-state index contributed by atoms with van der Waals surface area (Å²) < 4.78 is 10.6. The van der Waals surface area contributed by atoms with E-state index in [4.69, 9.17) is 33.3 Å². The van der Waals surface area contributed by atoms with Crippen LogP contribution >= 0.6 is 23.8 Å². The van der Waals surface area contributed by atoms with E-state index in [2.05, 4.69) is 10.6 Å². The third kappa shape index (κ3) is 6.73. The number of benzene rings is 2. The maximum atomic E-state index is 11.8. The lowest BCUT2D eigenvalue weighted by Gasteiger charge is -2.13. The van der Waals surface area contributed by atoms with E-state index in [1.807, 2.05) is 38.1 Å². The van der Waals surface area contributed by atoms with Gasteiger partial charge in [0.2, 0.25) is 0 Å². The fourth-order valence-corrected chi connectivity index (χ4v) is 2.77. The van der Waals surface area contributed by atoms with Gasteiger partial charge in [0, 0.05) is 12.2 Å². The zero-order valence-electron chi connectivity index (χ0n) is 15.5. The molecule has 0 spiro atoms. The Hall–Kier alpha value is -2.31. The summed E-state index contributed by atoms with van der Waals surface area (Å²) in [5.41, 5.74) is 2.06. The highest BCUT2D eigenvalue weighted by molar-refractivity contribution is 7.80. The summed E-state index contributed by atoms with van der Waals surface area (Å²) in [7, 11) is 0. The second-order valence-electron chi connectivity index (χ2n) is 6.04. The SMILES string of the molecule is CCOC(=O)c1ccc(NC(=S)NCc2cccc(OC(C)C)c2)cc1Cl. The molecule has 0 heterocycles. The van der Waals surface area contributed by atoms with Gasteiger partial charge in [0.15, 0.2) is 5.11 Å². The summed E-state index contributed by atoms with van der Waals surface area (Å²) >= 11 is 11.5. The fourth-order valence-electron chi connectivity index (χ4n) is 2.33. The summed E-state index contributed by atoms with van der Waals surface area (Å²) in [5, 5.41) is 6.94. The average Bonchev–Trinajstić information content (AvgIpc) is 2.60. The first-order valence-corrected chi connectivity index (χ1v) is 9.44. The molecule has 0 aromatic heterocycles. The molecule has 7 heteroatoms. The lowest BCUT2D eigenvalue weighted by molar-refractivity contribution is 0.0526. The van der Waals surface area contributed by atoms with Crippen molar-refractivity contribution < 1.29 is 14.3 Å². The van der Waals surface area contributed by atoms with Crippen molar-refractivity contribution in [2.24, 2.45) is 0 Å². The molecular formula is C20H23ClN2O3S. The predicted octanol–water partition coefficient (Wildman–Crippen LogP) is 4.79. The minimum Gasteiger partial charge on any atom is -0.491 e. The quantitative estimate of drug-likeness (QED) is 0.509. The van der Waals surface area contributed by atoms with Gasteiger partial charge in [-0.25, -0.2) is 4.79 Å². The Balaban J connectivity index is 1.92. The van der Waals surface area contributed by atoms with Crippen molar-refractivity contribution in [1.82, 2.24) is 5.32 Å². The summed E-state index contributed by atoms with van der Waals surface area (Å²) in [6, 6.07) is 12.8. The monoisotopic (exact) mass is 406 g/mol. The Labute approximate surface area is 170 Å². The first-order chi connectivity index (χ1) is 12.9. The van der Waals surface area contributed by atoms with E-state index in [0.29, 0.717) is 34.5 Å². The molecule has 2 N–H and O–H groups in total. The number of ether oxygens (including phenoxy) is 2. The van der Waals surface area contributed by atoms with Gasteiger partial charge in [-0.1, -0.05) is 23.7 Å². The van der Waals surface area contributed by atoms with Crippen LogP contribution in [0.2, 0.25) is 5.02 Å². The lowest BCUT2D eigenvalue weighted by Crippen LogP contribution is -2.27. The van der Waals surface area contributed by atoms with Crippen LogP contribution in [0.25, 0.3) is 0 Å². The fraction of sp³-hybridized carbons (Fsp3) is 0.300. The third-order valence-electron chi connectivity index (χ3n) is 3.45. The van der Waals surface area contributed by atoms with Gasteiger partial charge in [0.05, 0.1) is 23.3 Å². The van der Waals surface area contributed by atoms with Crippen molar-refractivity contribution in [2.75, 3.05) is 11.9 Å². The van der Waals surface area contributed by atoms with Crippen molar-refractivity contribution in [2.45, 2.75) is 33.4 Å². The van der Waals surface area contributed by atoms with Gasteiger partial charge in [-0.2, -0.15) is 0 Å². The minimum atomic E-state index is -0.446. The van der Waals surface area contributed by atoms with Crippen LogP contribution in [0.3, 0.4) is 0 Å². The van der Waals surface area contributed by atoms with E-state index in [1.54, 1.807) is 25.1 Å². The number of nitrogens with one attached hydrogen (secondary N) is 2. The van der Waals surface area contributed by atoms with Crippen LogP contribution in [0, 0.1) is 0 Å². The van der Waals surface area contributed by atoms with E-state index < -0.39 is 5.97 Å². The molecule has 27 heavy (non-hydrogen) atoms. The summed E-state index contributed by atoms with van der Waals surface area (Å²) in [6.07, 6.45) is 0.123. The number of carbonyl (C=O) groups is 1. The van der Waals surface area contributed by atoms with Gasteiger partial charge in [0.1, 0.15) is 5.75 Å². The van der Waals surface area contributed by atoms with E-state index in [1.165, 1.54) is 0 Å². The van der Waals surface area contributed by atoms with Crippen molar-refractivity contribution >= 4 is 40.6 Å².